The number of carboxylic acid groups (broad SMARTS) is 1. The van der Waals surface area contributed by atoms with Gasteiger partial charge >= 0.3 is 5.97 Å². The van der Waals surface area contributed by atoms with E-state index in [1.165, 1.54) is 0 Å². The average Bonchev–Trinajstić information content (AvgIpc) is 2.81. The van der Waals surface area contributed by atoms with E-state index >= 15 is 0 Å². The fourth-order valence-electron chi connectivity index (χ4n) is 1.77. The van der Waals surface area contributed by atoms with Gasteiger partial charge in [-0.15, -0.1) is 0 Å². The van der Waals surface area contributed by atoms with Crippen LogP contribution in [0.1, 0.15) is 12.8 Å². The summed E-state index contributed by atoms with van der Waals surface area (Å²) in [5.41, 5.74) is 0. The molecule has 0 spiro atoms. The molecule has 0 radical (unpaired) electrons. The number of carbonyl (C=O) groups is 3. The molecule has 0 aromatic carbocycles. The Kier molecular flexibility index (Phi) is 4.04. The monoisotopic (exact) mass is 316 g/mol. The van der Waals surface area contributed by atoms with E-state index in [4.69, 9.17) is 5.11 Å². The molecule has 2 amide bonds. The Morgan fingerprint density at radius 3 is 2.86 bits per heavy atom. The number of aliphatic carboxylic acids is 1. The van der Waals surface area contributed by atoms with Crippen molar-refractivity contribution in [3.8, 4) is 0 Å². The van der Waals surface area contributed by atoms with Gasteiger partial charge in [-0.25, -0.2) is 8.42 Å². The third kappa shape index (κ3) is 3.64. The van der Waals surface area contributed by atoms with E-state index in [0.717, 1.165) is 17.1 Å². The van der Waals surface area contributed by atoms with Crippen LogP contribution < -0.4 is 10.0 Å². The average molecular weight is 316 g/mol. The van der Waals surface area contributed by atoms with Crippen LogP contribution in [0.5, 0.6) is 0 Å². The molecule has 1 aromatic rings. The standard InChI is InChI=1S/C10H12N4O6S/c15-8-2-1-7(10(18)12-8)13-21(19,20)6-3-11-14(4-6)5-9(16)17/h3-4,7,13H,1-2,5H2,(H,16,17)(H,12,15,18). The summed E-state index contributed by atoms with van der Waals surface area (Å²) in [6.07, 6.45) is 2.13. The predicted octanol–water partition coefficient (Wildman–Crippen LogP) is -1.95. The second kappa shape index (κ2) is 5.61. The molecule has 10 nitrogen and oxygen atoms in total. The summed E-state index contributed by atoms with van der Waals surface area (Å²) in [7, 11) is -4.02. The predicted molar refractivity (Wildman–Crippen MR) is 66.4 cm³/mol. The number of hydrogen-bond donors (Lipinski definition) is 3. The van der Waals surface area contributed by atoms with Gasteiger partial charge in [0, 0.05) is 12.6 Å². The van der Waals surface area contributed by atoms with Crippen molar-refractivity contribution in [3.05, 3.63) is 12.4 Å². The second-order valence-electron chi connectivity index (χ2n) is 4.39. The zero-order valence-corrected chi connectivity index (χ0v) is 11.5. The molecule has 1 fully saturated rings. The van der Waals surface area contributed by atoms with E-state index in [1.807, 2.05) is 5.32 Å². The number of nitrogens with zero attached hydrogens (tertiary/aromatic N) is 2. The number of rotatable bonds is 5. The normalized spacial score (nSPS) is 19.3. The summed E-state index contributed by atoms with van der Waals surface area (Å²) in [6.45, 7) is -0.478. The highest BCUT2D eigenvalue weighted by Crippen LogP contribution is 2.11. The maximum atomic E-state index is 12.0. The number of sulfonamides is 1. The van der Waals surface area contributed by atoms with Crippen LogP contribution in [0, 0.1) is 0 Å². The summed E-state index contributed by atoms with van der Waals surface area (Å²) in [6, 6.07) is -1.05. The van der Waals surface area contributed by atoms with Crippen molar-refractivity contribution >= 4 is 27.8 Å². The smallest absolute Gasteiger partial charge is 0.325 e. The summed E-state index contributed by atoms with van der Waals surface area (Å²) in [5.74, 6) is -2.34. The highest BCUT2D eigenvalue weighted by Gasteiger charge is 2.31. The molecule has 1 aliphatic heterocycles. The minimum Gasteiger partial charge on any atom is -0.480 e. The molecule has 11 heteroatoms. The molecule has 21 heavy (non-hydrogen) atoms. The van der Waals surface area contributed by atoms with Crippen molar-refractivity contribution in [2.24, 2.45) is 0 Å². The van der Waals surface area contributed by atoms with Crippen LogP contribution in [0.4, 0.5) is 0 Å². The lowest BCUT2D eigenvalue weighted by atomic mass is 10.1. The van der Waals surface area contributed by atoms with Gasteiger partial charge < -0.3 is 5.11 Å². The van der Waals surface area contributed by atoms with Gasteiger partial charge in [0.2, 0.25) is 21.8 Å². The molecule has 0 saturated carbocycles. The quantitative estimate of drug-likeness (QED) is 0.535. The van der Waals surface area contributed by atoms with E-state index in [2.05, 4.69) is 9.82 Å². The zero-order valence-electron chi connectivity index (χ0n) is 10.6. The zero-order chi connectivity index (χ0) is 15.6. The number of hydrogen-bond acceptors (Lipinski definition) is 6. The van der Waals surface area contributed by atoms with Crippen LogP contribution in [-0.4, -0.2) is 47.1 Å². The van der Waals surface area contributed by atoms with E-state index in [-0.39, 0.29) is 17.7 Å². The Morgan fingerprint density at radius 1 is 1.52 bits per heavy atom. The maximum absolute atomic E-state index is 12.0. The van der Waals surface area contributed by atoms with Gasteiger partial charge in [0.05, 0.1) is 6.20 Å². The molecular formula is C10H12N4O6S. The number of carbonyl (C=O) groups excluding carboxylic acids is 2. The van der Waals surface area contributed by atoms with E-state index < -0.39 is 40.4 Å². The van der Waals surface area contributed by atoms with Crippen LogP contribution in [0.2, 0.25) is 0 Å². The molecular weight excluding hydrogens is 304 g/mol. The van der Waals surface area contributed by atoms with Crippen LogP contribution in [-0.2, 0) is 31.0 Å². The molecule has 1 atom stereocenters. The molecule has 0 bridgehead atoms. The van der Waals surface area contributed by atoms with Crippen LogP contribution >= 0.6 is 0 Å². The molecule has 3 N–H and O–H groups in total. The highest BCUT2D eigenvalue weighted by atomic mass is 32.2. The molecule has 1 aliphatic rings. The minimum atomic E-state index is -4.02. The first kappa shape index (κ1) is 15.1. The van der Waals surface area contributed by atoms with Crippen molar-refractivity contribution in [2.45, 2.75) is 30.3 Å². The van der Waals surface area contributed by atoms with Crippen molar-refractivity contribution in [3.63, 3.8) is 0 Å². The van der Waals surface area contributed by atoms with Crippen LogP contribution in [0.15, 0.2) is 17.3 Å². The molecule has 2 heterocycles. The molecule has 2 rings (SSSR count). The van der Waals surface area contributed by atoms with Crippen molar-refractivity contribution < 1.29 is 27.9 Å². The Morgan fingerprint density at radius 2 is 2.24 bits per heavy atom. The molecule has 0 aliphatic carbocycles. The Labute approximate surface area is 119 Å². The third-order valence-electron chi connectivity index (χ3n) is 2.75. The third-order valence-corrected chi connectivity index (χ3v) is 4.18. The number of imide groups is 1. The Balaban J connectivity index is 2.11. The number of nitrogens with one attached hydrogen (secondary N) is 2. The highest BCUT2D eigenvalue weighted by molar-refractivity contribution is 7.89. The SMILES string of the molecule is O=C(O)Cn1cc(S(=O)(=O)NC2CCC(=O)NC2=O)cn1. The lowest BCUT2D eigenvalue weighted by molar-refractivity contribution is -0.138. The largest absolute Gasteiger partial charge is 0.480 e. The Hall–Kier alpha value is -2.27. The lowest BCUT2D eigenvalue weighted by Crippen LogP contribution is -2.52. The minimum absolute atomic E-state index is 0.0389. The van der Waals surface area contributed by atoms with Crippen molar-refractivity contribution in [1.29, 1.82) is 0 Å². The van der Waals surface area contributed by atoms with E-state index in [0.29, 0.717) is 0 Å². The number of aromatic nitrogens is 2. The number of carboxylic acids is 1. The van der Waals surface area contributed by atoms with Gasteiger partial charge in [-0.3, -0.25) is 24.4 Å². The second-order valence-corrected chi connectivity index (χ2v) is 6.11. The van der Waals surface area contributed by atoms with Gasteiger partial charge in [0.15, 0.2) is 0 Å². The van der Waals surface area contributed by atoms with Crippen LogP contribution in [0.3, 0.4) is 0 Å². The Bertz CT molecular complexity index is 694. The number of piperidine rings is 1. The van der Waals surface area contributed by atoms with Crippen LogP contribution in [0.25, 0.3) is 0 Å². The summed E-state index contributed by atoms with van der Waals surface area (Å²) >= 11 is 0. The van der Waals surface area contributed by atoms with Crippen molar-refractivity contribution in [1.82, 2.24) is 19.8 Å². The molecule has 114 valence electrons. The van der Waals surface area contributed by atoms with Gasteiger partial charge in [0.25, 0.3) is 0 Å². The first-order valence-corrected chi connectivity index (χ1v) is 7.36. The first-order chi connectivity index (χ1) is 9.78. The summed E-state index contributed by atoms with van der Waals surface area (Å²) < 4.78 is 27.2. The van der Waals surface area contributed by atoms with Gasteiger partial charge in [-0.05, 0) is 6.42 Å². The van der Waals surface area contributed by atoms with Crippen molar-refractivity contribution in [2.75, 3.05) is 0 Å². The topological polar surface area (TPSA) is 147 Å². The lowest BCUT2D eigenvalue weighted by Gasteiger charge is -2.21. The molecule has 1 saturated heterocycles. The fourth-order valence-corrected chi connectivity index (χ4v) is 2.95. The van der Waals surface area contributed by atoms with Gasteiger partial charge in [0.1, 0.15) is 17.5 Å². The molecule has 1 unspecified atom stereocenters. The fraction of sp³-hybridized carbons (Fsp3) is 0.400. The van der Waals surface area contributed by atoms with E-state index in [1.54, 1.807) is 0 Å². The van der Waals surface area contributed by atoms with E-state index in [9.17, 15) is 22.8 Å². The maximum Gasteiger partial charge on any atom is 0.325 e. The first-order valence-electron chi connectivity index (χ1n) is 5.88. The number of amides is 2. The molecule has 1 aromatic heterocycles. The van der Waals surface area contributed by atoms with Gasteiger partial charge in [-0.1, -0.05) is 0 Å². The summed E-state index contributed by atoms with van der Waals surface area (Å²) in [5, 5.41) is 14.2. The van der Waals surface area contributed by atoms with Gasteiger partial charge in [-0.2, -0.15) is 9.82 Å². The summed E-state index contributed by atoms with van der Waals surface area (Å²) in [4.78, 5) is 32.7.